The molecule has 31 heavy (non-hydrogen) atoms. The maximum absolute atomic E-state index is 12.6. The van der Waals surface area contributed by atoms with Crippen molar-refractivity contribution in [3.8, 4) is 0 Å². The fourth-order valence-electron chi connectivity index (χ4n) is 3.56. The van der Waals surface area contributed by atoms with Crippen molar-refractivity contribution in [1.82, 2.24) is 4.90 Å². The summed E-state index contributed by atoms with van der Waals surface area (Å²) in [5.41, 5.74) is 1.25. The van der Waals surface area contributed by atoms with E-state index in [2.05, 4.69) is 0 Å². The number of rotatable bonds is 7. The number of thioether (sulfide) groups is 1. The topological polar surface area (TPSA) is 110 Å². The molecule has 1 aromatic carbocycles. The first-order valence-electron chi connectivity index (χ1n) is 9.50. The van der Waals surface area contributed by atoms with Crippen molar-refractivity contribution in [2.45, 2.75) is 30.4 Å². The maximum atomic E-state index is 12.6. The van der Waals surface area contributed by atoms with E-state index in [1.807, 2.05) is 4.90 Å². The Morgan fingerprint density at radius 3 is 2.74 bits per heavy atom. The third-order valence-corrected chi connectivity index (χ3v) is 6.74. The van der Waals surface area contributed by atoms with Crippen LogP contribution < -0.4 is 5.82 Å². The third-order valence-electron chi connectivity index (χ3n) is 5.03. The number of carbonyl (C=O) groups is 2. The van der Waals surface area contributed by atoms with Crippen LogP contribution in [0.25, 0.3) is 0 Å². The third kappa shape index (κ3) is 5.61. The lowest BCUT2D eigenvalue weighted by Gasteiger charge is -2.38. The Balaban J connectivity index is 1.83. The molecule has 3 rings (SSSR count). The summed E-state index contributed by atoms with van der Waals surface area (Å²) >= 11 is 7.79. The Labute approximate surface area is 187 Å². The summed E-state index contributed by atoms with van der Waals surface area (Å²) in [6.07, 6.45) is 1.76. The molecular weight excluding hydrogens is 446 g/mol. The molecule has 0 amide bonds. The minimum Gasteiger partial charge on any atom is -0.478 e. The van der Waals surface area contributed by atoms with Crippen LogP contribution in [0.15, 0.2) is 49.5 Å². The van der Waals surface area contributed by atoms with Crippen LogP contribution in [0.3, 0.4) is 0 Å². The van der Waals surface area contributed by atoms with Crippen LogP contribution in [0.5, 0.6) is 0 Å². The van der Waals surface area contributed by atoms with Crippen LogP contribution in [0.1, 0.15) is 29.5 Å². The highest BCUT2D eigenvalue weighted by Crippen LogP contribution is 2.36. The first-order chi connectivity index (χ1) is 14.8. The molecule has 8 nitrogen and oxygen atoms in total. The van der Waals surface area contributed by atoms with Gasteiger partial charge in [-0.2, -0.15) is 0 Å². The number of hydrogen-bond acceptors (Lipinski definition) is 8. The summed E-state index contributed by atoms with van der Waals surface area (Å²) < 4.78 is 14.9. The van der Waals surface area contributed by atoms with Crippen molar-refractivity contribution >= 4 is 35.3 Å². The Morgan fingerprint density at radius 2 is 2.13 bits per heavy atom. The van der Waals surface area contributed by atoms with Crippen LogP contribution >= 0.6 is 23.4 Å². The van der Waals surface area contributed by atoms with E-state index >= 15 is 0 Å². The molecule has 2 aromatic rings. The van der Waals surface area contributed by atoms with Crippen LogP contribution in [-0.4, -0.2) is 47.4 Å². The van der Waals surface area contributed by atoms with Gasteiger partial charge in [0.2, 0.25) is 0 Å². The quantitative estimate of drug-likeness (QED) is 0.483. The summed E-state index contributed by atoms with van der Waals surface area (Å²) in [4.78, 5) is 37.2. The molecule has 166 valence electrons. The van der Waals surface area contributed by atoms with Crippen molar-refractivity contribution < 1.29 is 28.3 Å². The lowest BCUT2D eigenvalue weighted by molar-refractivity contribution is -0.147. The number of halogens is 1. The summed E-state index contributed by atoms with van der Waals surface area (Å²) in [5, 5.41) is 9.67. The van der Waals surface area contributed by atoms with Crippen LogP contribution in [0, 0.1) is 6.92 Å². The van der Waals surface area contributed by atoms with Gasteiger partial charge in [-0.3, -0.25) is 4.90 Å². The van der Waals surface area contributed by atoms with Crippen molar-refractivity contribution in [2.75, 3.05) is 20.2 Å². The average Bonchev–Trinajstić information content (AvgIpc) is 3.05. The van der Waals surface area contributed by atoms with E-state index in [0.29, 0.717) is 46.4 Å². The second kappa shape index (κ2) is 10.2. The molecule has 0 aliphatic carbocycles. The number of methoxy groups -OCH3 is 1. The molecule has 0 spiro atoms. The highest BCUT2D eigenvalue weighted by molar-refractivity contribution is 7.99. The van der Waals surface area contributed by atoms with E-state index in [1.54, 1.807) is 31.2 Å². The SMILES string of the molecule is COC(=O)[C@H](c1ccccc1Cl)N1CCC(SCc2oc(=O)oc2C)/C(=C/C(=O)O)C1. The molecular formula is C21H22ClNO7S. The van der Waals surface area contributed by atoms with E-state index in [4.69, 9.17) is 25.2 Å². The van der Waals surface area contributed by atoms with Gasteiger partial charge >= 0.3 is 17.8 Å². The minimum atomic E-state index is -1.07. The largest absolute Gasteiger partial charge is 0.519 e. The average molecular weight is 468 g/mol. The zero-order valence-electron chi connectivity index (χ0n) is 17.0. The van der Waals surface area contributed by atoms with Gasteiger partial charge < -0.3 is 18.7 Å². The molecule has 1 fully saturated rings. The molecule has 1 aliphatic heterocycles. The molecule has 2 atom stereocenters. The fraction of sp³-hybridized carbons (Fsp3) is 0.381. The van der Waals surface area contributed by atoms with Crippen molar-refractivity contribution in [1.29, 1.82) is 0 Å². The summed E-state index contributed by atoms with van der Waals surface area (Å²) in [6.45, 7) is 2.42. The molecule has 1 aromatic heterocycles. The highest BCUT2D eigenvalue weighted by atomic mass is 35.5. The van der Waals surface area contributed by atoms with Crippen molar-refractivity contribution in [2.24, 2.45) is 0 Å². The number of aliphatic carboxylic acids is 1. The van der Waals surface area contributed by atoms with E-state index in [1.165, 1.54) is 24.9 Å². The number of hydrogen-bond donors (Lipinski definition) is 1. The van der Waals surface area contributed by atoms with Gasteiger partial charge in [0.15, 0.2) is 5.76 Å². The number of benzene rings is 1. The standard InChI is InChI=1S/C21H22ClNO7S/c1-12-16(30-21(27)29-12)11-31-17-7-8-23(10-13(17)9-18(24)25)19(20(26)28-2)14-5-3-4-6-15(14)22/h3-6,9,17,19H,7-8,10-11H2,1-2H3,(H,24,25)/b13-9+/t17?,19-/m0/s1. The van der Waals surface area contributed by atoms with Gasteiger partial charge in [0, 0.05) is 29.4 Å². The monoisotopic (exact) mass is 467 g/mol. The number of esters is 1. The van der Waals surface area contributed by atoms with Crippen molar-refractivity contribution in [3.63, 3.8) is 0 Å². The van der Waals surface area contributed by atoms with Crippen LogP contribution in [0.2, 0.25) is 5.02 Å². The van der Waals surface area contributed by atoms with Crippen LogP contribution in [-0.2, 0) is 20.1 Å². The molecule has 2 heterocycles. The number of likely N-dealkylation sites (tertiary alicyclic amines) is 1. The second-order valence-corrected chi connectivity index (χ2v) is 8.60. The molecule has 0 radical (unpaired) electrons. The lowest BCUT2D eigenvalue weighted by Crippen LogP contribution is -2.43. The number of aryl methyl sites for hydroxylation is 1. The van der Waals surface area contributed by atoms with E-state index < -0.39 is 23.8 Å². The molecule has 1 unspecified atom stereocenters. The zero-order valence-corrected chi connectivity index (χ0v) is 18.6. The zero-order chi connectivity index (χ0) is 22.5. The van der Waals surface area contributed by atoms with Gasteiger partial charge in [-0.25, -0.2) is 14.4 Å². The Bertz CT molecular complexity index is 1040. The predicted octanol–water partition coefficient (Wildman–Crippen LogP) is 3.43. The molecule has 10 heteroatoms. The highest BCUT2D eigenvalue weighted by Gasteiger charge is 2.35. The van der Waals surface area contributed by atoms with Gasteiger partial charge in [-0.15, -0.1) is 11.8 Å². The van der Waals surface area contributed by atoms with E-state index in [-0.39, 0.29) is 11.8 Å². The molecule has 0 saturated carbocycles. The van der Waals surface area contributed by atoms with Gasteiger partial charge in [0.1, 0.15) is 11.8 Å². The molecule has 1 saturated heterocycles. The van der Waals surface area contributed by atoms with E-state index in [0.717, 1.165) is 0 Å². The normalized spacial score (nSPS) is 19.3. The van der Waals surface area contributed by atoms with E-state index in [9.17, 15) is 19.5 Å². The molecule has 1 N–H and O–H groups in total. The Kier molecular flexibility index (Phi) is 7.64. The van der Waals surface area contributed by atoms with Crippen molar-refractivity contribution in [3.05, 3.63) is 68.6 Å². The smallest absolute Gasteiger partial charge is 0.478 e. The van der Waals surface area contributed by atoms with Crippen LogP contribution in [0.4, 0.5) is 0 Å². The van der Waals surface area contributed by atoms with Gasteiger partial charge in [0.05, 0.1) is 12.9 Å². The number of carboxylic acids is 1. The molecule has 1 aliphatic rings. The number of carbonyl (C=O) groups excluding carboxylic acids is 1. The molecule has 0 bridgehead atoms. The number of piperidine rings is 1. The summed E-state index contributed by atoms with van der Waals surface area (Å²) in [6, 6.07) is 6.26. The fourth-order valence-corrected chi connectivity index (χ4v) is 5.04. The maximum Gasteiger partial charge on any atom is 0.519 e. The number of ether oxygens (including phenoxy) is 1. The number of carboxylic acid groups (broad SMARTS) is 1. The lowest BCUT2D eigenvalue weighted by atomic mass is 9.98. The summed E-state index contributed by atoms with van der Waals surface area (Å²) in [7, 11) is 1.31. The van der Waals surface area contributed by atoms with Gasteiger partial charge in [-0.05, 0) is 30.5 Å². The second-order valence-electron chi connectivity index (χ2n) is 7.00. The first kappa shape index (κ1) is 23.2. The minimum absolute atomic E-state index is 0.128. The number of nitrogens with zero attached hydrogens (tertiary/aromatic N) is 1. The predicted molar refractivity (Wildman–Crippen MR) is 115 cm³/mol. The van der Waals surface area contributed by atoms with Gasteiger partial charge in [-0.1, -0.05) is 29.8 Å². The first-order valence-corrected chi connectivity index (χ1v) is 10.9. The van der Waals surface area contributed by atoms with Gasteiger partial charge in [0.25, 0.3) is 0 Å². The Hall–Kier alpha value is -2.49. The Morgan fingerprint density at radius 1 is 1.39 bits per heavy atom. The summed E-state index contributed by atoms with van der Waals surface area (Å²) in [5.74, 6) is -1.10.